The lowest BCUT2D eigenvalue weighted by Crippen LogP contribution is -2.36. The van der Waals surface area contributed by atoms with Gasteiger partial charge in [0.15, 0.2) is 0 Å². The van der Waals surface area contributed by atoms with E-state index in [0.29, 0.717) is 12.1 Å². The normalized spacial score (nSPS) is 15.4. The van der Waals surface area contributed by atoms with Crippen molar-refractivity contribution < 1.29 is 13.2 Å². The molecule has 0 bridgehead atoms. The van der Waals surface area contributed by atoms with Crippen LogP contribution in [0, 0.1) is 0 Å². The van der Waals surface area contributed by atoms with Crippen LogP contribution >= 0.6 is 0 Å². The maximum absolute atomic E-state index is 12.6. The van der Waals surface area contributed by atoms with E-state index in [9.17, 15) is 13.2 Å². The third-order valence-corrected chi connectivity index (χ3v) is 6.39. The number of benzene rings is 2. The number of sulfonamides is 1. The minimum absolute atomic E-state index is 0.00731. The van der Waals surface area contributed by atoms with Gasteiger partial charge < -0.3 is 5.32 Å². The molecule has 0 atom stereocenters. The summed E-state index contributed by atoms with van der Waals surface area (Å²) in [7, 11) is -3.61. The highest BCUT2D eigenvalue weighted by Crippen LogP contribution is 2.20. The Kier molecular flexibility index (Phi) is 6.63. The second-order valence-corrected chi connectivity index (χ2v) is 8.69. The summed E-state index contributed by atoms with van der Waals surface area (Å²) in [5.41, 5.74) is 1.50. The maximum atomic E-state index is 12.6. The quantitative estimate of drug-likeness (QED) is 0.767. The van der Waals surface area contributed by atoms with E-state index in [1.54, 1.807) is 12.1 Å². The van der Waals surface area contributed by atoms with E-state index in [4.69, 9.17) is 0 Å². The van der Waals surface area contributed by atoms with E-state index in [0.717, 1.165) is 44.1 Å². The molecule has 1 amide bonds. The minimum atomic E-state index is -3.61. The summed E-state index contributed by atoms with van der Waals surface area (Å²) in [4.78, 5) is 12.5. The fraction of sp³-hybridized carbons (Fsp3) is 0.381. The number of carbonyl (C=O) groups is 1. The first-order chi connectivity index (χ1) is 13.0. The molecule has 0 radical (unpaired) electrons. The molecule has 144 valence electrons. The molecule has 6 heteroatoms. The fourth-order valence-corrected chi connectivity index (χ4v) is 4.73. The second-order valence-electron chi connectivity index (χ2n) is 6.98. The molecule has 1 aliphatic rings. The van der Waals surface area contributed by atoms with Crippen LogP contribution in [-0.4, -0.2) is 26.9 Å². The van der Waals surface area contributed by atoms with Crippen molar-refractivity contribution in [3.63, 3.8) is 0 Å². The molecule has 0 aromatic heterocycles. The van der Waals surface area contributed by atoms with Crippen molar-refractivity contribution in [2.75, 3.05) is 6.54 Å². The zero-order valence-corrected chi connectivity index (χ0v) is 16.2. The Morgan fingerprint density at radius 1 is 0.963 bits per heavy atom. The molecule has 0 saturated heterocycles. The monoisotopic (exact) mass is 386 g/mol. The third-order valence-electron chi connectivity index (χ3n) is 4.88. The summed E-state index contributed by atoms with van der Waals surface area (Å²) in [5, 5.41) is 2.85. The van der Waals surface area contributed by atoms with Gasteiger partial charge in [-0.3, -0.25) is 4.79 Å². The van der Waals surface area contributed by atoms with Gasteiger partial charge in [0.2, 0.25) is 10.0 Å². The van der Waals surface area contributed by atoms with Crippen LogP contribution in [0.1, 0.15) is 48.0 Å². The van der Waals surface area contributed by atoms with E-state index >= 15 is 0 Å². The Labute approximate surface area is 161 Å². The molecule has 1 saturated carbocycles. The van der Waals surface area contributed by atoms with Crippen molar-refractivity contribution >= 4 is 15.9 Å². The molecular formula is C21H26N2O3S. The first kappa shape index (κ1) is 19.6. The Morgan fingerprint density at radius 3 is 2.44 bits per heavy atom. The van der Waals surface area contributed by atoms with Gasteiger partial charge in [0.25, 0.3) is 5.91 Å². The maximum Gasteiger partial charge on any atom is 0.251 e. The van der Waals surface area contributed by atoms with E-state index < -0.39 is 10.0 Å². The average molecular weight is 387 g/mol. The van der Waals surface area contributed by atoms with Crippen LogP contribution in [0.4, 0.5) is 0 Å². The van der Waals surface area contributed by atoms with Crippen molar-refractivity contribution in [1.82, 2.24) is 10.0 Å². The predicted molar refractivity (Wildman–Crippen MR) is 106 cm³/mol. The van der Waals surface area contributed by atoms with Gasteiger partial charge in [0.1, 0.15) is 0 Å². The van der Waals surface area contributed by atoms with E-state index in [2.05, 4.69) is 10.0 Å². The van der Waals surface area contributed by atoms with Crippen LogP contribution in [-0.2, 0) is 16.4 Å². The number of amides is 1. The standard InChI is InChI=1S/C21H26N2O3S/c24-21(22-15-14-17-8-3-1-4-9-17)18-10-7-13-20(16-18)27(25,26)23-19-11-5-2-6-12-19/h1,3-4,7-10,13,16,19,23H,2,5-6,11-12,14-15H2,(H,22,24). The highest BCUT2D eigenvalue weighted by atomic mass is 32.2. The molecule has 27 heavy (non-hydrogen) atoms. The Hall–Kier alpha value is -2.18. The van der Waals surface area contributed by atoms with E-state index in [1.165, 1.54) is 12.1 Å². The average Bonchev–Trinajstić information content (AvgIpc) is 2.69. The summed E-state index contributed by atoms with van der Waals surface area (Å²) < 4.78 is 28.0. The largest absolute Gasteiger partial charge is 0.352 e. The second kappa shape index (κ2) is 9.15. The zero-order valence-electron chi connectivity index (χ0n) is 15.4. The zero-order chi connectivity index (χ0) is 19.1. The number of carbonyl (C=O) groups excluding carboxylic acids is 1. The van der Waals surface area contributed by atoms with Crippen LogP contribution < -0.4 is 10.0 Å². The van der Waals surface area contributed by atoms with Crippen molar-refractivity contribution in [2.45, 2.75) is 49.5 Å². The molecule has 2 aromatic carbocycles. The molecule has 2 N–H and O–H groups in total. The lowest BCUT2D eigenvalue weighted by molar-refractivity contribution is 0.0954. The highest BCUT2D eigenvalue weighted by Gasteiger charge is 2.22. The van der Waals surface area contributed by atoms with Crippen molar-refractivity contribution in [3.8, 4) is 0 Å². The first-order valence-corrected chi connectivity index (χ1v) is 11.0. The van der Waals surface area contributed by atoms with Gasteiger partial charge in [-0.1, -0.05) is 55.7 Å². The summed E-state index contributed by atoms with van der Waals surface area (Å²) in [5.74, 6) is -0.263. The van der Waals surface area contributed by atoms with Gasteiger partial charge in [-0.05, 0) is 43.0 Å². The van der Waals surface area contributed by atoms with Gasteiger partial charge in [-0.2, -0.15) is 0 Å². The lowest BCUT2D eigenvalue weighted by Gasteiger charge is -2.22. The molecule has 0 heterocycles. The van der Waals surface area contributed by atoms with Gasteiger partial charge >= 0.3 is 0 Å². The van der Waals surface area contributed by atoms with Crippen LogP contribution in [0.15, 0.2) is 59.5 Å². The number of hydrogen-bond donors (Lipinski definition) is 2. The molecular weight excluding hydrogens is 360 g/mol. The van der Waals surface area contributed by atoms with Crippen LogP contribution in [0.5, 0.6) is 0 Å². The fourth-order valence-electron chi connectivity index (χ4n) is 3.38. The van der Waals surface area contributed by atoms with Crippen molar-refractivity contribution in [1.29, 1.82) is 0 Å². The van der Waals surface area contributed by atoms with Crippen LogP contribution in [0.2, 0.25) is 0 Å². The predicted octanol–water partition coefficient (Wildman–Crippen LogP) is 3.27. The van der Waals surface area contributed by atoms with Gasteiger partial charge in [0, 0.05) is 18.2 Å². The summed E-state index contributed by atoms with van der Waals surface area (Å²) in [6.45, 7) is 0.500. The molecule has 2 aromatic rings. The number of nitrogens with one attached hydrogen (secondary N) is 2. The van der Waals surface area contributed by atoms with Gasteiger partial charge in [-0.25, -0.2) is 13.1 Å². The molecule has 1 aliphatic carbocycles. The van der Waals surface area contributed by atoms with Gasteiger partial charge in [0.05, 0.1) is 4.90 Å². The van der Waals surface area contributed by atoms with Crippen molar-refractivity contribution in [3.05, 3.63) is 65.7 Å². The summed E-state index contributed by atoms with van der Waals surface area (Å²) >= 11 is 0. The van der Waals surface area contributed by atoms with Crippen molar-refractivity contribution in [2.24, 2.45) is 0 Å². The number of hydrogen-bond acceptors (Lipinski definition) is 3. The van der Waals surface area contributed by atoms with E-state index in [1.807, 2.05) is 30.3 Å². The molecule has 0 spiro atoms. The van der Waals surface area contributed by atoms with Crippen LogP contribution in [0.25, 0.3) is 0 Å². The molecule has 5 nitrogen and oxygen atoms in total. The van der Waals surface area contributed by atoms with E-state index in [-0.39, 0.29) is 16.8 Å². The smallest absolute Gasteiger partial charge is 0.251 e. The Bertz CT molecular complexity index is 860. The molecule has 0 aliphatic heterocycles. The summed E-state index contributed by atoms with van der Waals surface area (Å²) in [6, 6.07) is 16.1. The third kappa shape index (κ3) is 5.65. The summed E-state index contributed by atoms with van der Waals surface area (Å²) in [6.07, 6.45) is 5.75. The number of rotatable bonds is 7. The molecule has 1 fully saturated rings. The molecule has 0 unspecified atom stereocenters. The Morgan fingerprint density at radius 2 is 1.70 bits per heavy atom. The Balaban J connectivity index is 1.61. The topological polar surface area (TPSA) is 75.3 Å². The van der Waals surface area contributed by atoms with Crippen LogP contribution in [0.3, 0.4) is 0 Å². The van der Waals surface area contributed by atoms with Gasteiger partial charge in [-0.15, -0.1) is 0 Å². The minimum Gasteiger partial charge on any atom is -0.352 e. The highest BCUT2D eigenvalue weighted by molar-refractivity contribution is 7.89. The molecule has 3 rings (SSSR count). The SMILES string of the molecule is O=C(NCCc1ccccc1)c1cccc(S(=O)(=O)NC2CCCCC2)c1. The lowest BCUT2D eigenvalue weighted by atomic mass is 9.96. The first-order valence-electron chi connectivity index (χ1n) is 9.49.